The number of hydrogen-bond donors (Lipinski definition) is 2. The van der Waals surface area contributed by atoms with Gasteiger partial charge < -0.3 is 14.6 Å². The molecule has 6 rings (SSSR count). The minimum Gasteiger partial charge on any atom is -0.508 e. The van der Waals surface area contributed by atoms with Gasteiger partial charge in [-0.1, -0.05) is 12.1 Å². The van der Waals surface area contributed by atoms with Crippen molar-refractivity contribution in [3.05, 3.63) is 71.8 Å². The lowest BCUT2D eigenvalue weighted by molar-refractivity contribution is 0.0661. The van der Waals surface area contributed by atoms with Crippen LogP contribution in [0.2, 0.25) is 0 Å². The summed E-state index contributed by atoms with van der Waals surface area (Å²) in [4.78, 5) is 11.3. The summed E-state index contributed by atoms with van der Waals surface area (Å²) in [5, 5.41) is 18.2. The second-order valence-corrected chi connectivity index (χ2v) is 9.27. The first kappa shape index (κ1) is 22.5. The van der Waals surface area contributed by atoms with Gasteiger partial charge in [-0.25, -0.2) is 9.97 Å². The van der Waals surface area contributed by atoms with Gasteiger partial charge in [-0.15, -0.1) is 0 Å². The third-order valence-electron chi connectivity index (χ3n) is 6.86. The van der Waals surface area contributed by atoms with Crippen molar-refractivity contribution >= 4 is 22.0 Å². The van der Waals surface area contributed by atoms with Crippen LogP contribution in [0.15, 0.2) is 55.0 Å². The topological polar surface area (TPSA) is 96.4 Å². The number of hydrogen-bond acceptors (Lipinski definition) is 7. The van der Waals surface area contributed by atoms with Gasteiger partial charge in [-0.05, 0) is 42.3 Å². The number of H-pyrrole nitrogens is 1. The molecule has 184 valence electrons. The average Bonchev–Trinajstić information content (AvgIpc) is 3.35. The highest BCUT2D eigenvalue weighted by Gasteiger charge is 2.32. The molecule has 1 saturated heterocycles. The molecule has 0 aliphatic carbocycles. The Hall–Kier alpha value is -3.98. The molecule has 9 heteroatoms. The Labute approximate surface area is 207 Å². The number of aromatic nitrogens is 4. The van der Waals surface area contributed by atoms with E-state index >= 15 is 0 Å². The van der Waals surface area contributed by atoms with E-state index in [4.69, 9.17) is 9.47 Å². The van der Waals surface area contributed by atoms with Gasteiger partial charge in [-0.2, -0.15) is 5.10 Å². The van der Waals surface area contributed by atoms with E-state index in [1.807, 2.05) is 31.2 Å². The Kier molecular flexibility index (Phi) is 5.77. The molecule has 0 saturated carbocycles. The summed E-state index contributed by atoms with van der Waals surface area (Å²) >= 11 is 0. The highest BCUT2D eigenvalue weighted by Crippen LogP contribution is 2.48. The normalized spacial score (nSPS) is 18.1. The number of phenolic OH excluding ortho intramolecular Hbond substituents is 1. The van der Waals surface area contributed by atoms with E-state index in [0.29, 0.717) is 18.2 Å². The predicted molar refractivity (Wildman–Crippen MR) is 133 cm³/mol. The maximum Gasteiger partial charge on any atom is 0.232 e. The fourth-order valence-corrected chi connectivity index (χ4v) is 4.95. The second kappa shape index (κ2) is 9.23. The first-order valence-corrected chi connectivity index (χ1v) is 12.0. The van der Waals surface area contributed by atoms with Crippen LogP contribution in [0.4, 0.5) is 4.39 Å². The van der Waals surface area contributed by atoms with Gasteiger partial charge in [0.05, 0.1) is 36.2 Å². The minimum atomic E-state index is -0.542. The molecule has 1 atom stereocenters. The lowest BCUT2D eigenvalue weighted by Crippen LogP contribution is -2.49. The third kappa shape index (κ3) is 4.05. The standard InChI is InChI=1S/C27H26FN5O3/c1-16-20-5-6-22-21(11-31-32-22)26(20)36-27(25(16)18-3-2-4-19(34)9-18)23-12-30-24(13-29-23)35-8-7-33-14-17(10-28)15-33/h2-6,9,11-13,17,27,34H,7-8,10,14-15H2,1H3,(H,31,32). The van der Waals surface area contributed by atoms with Gasteiger partial charge in [0.2, 0.25) is 5.88 Å². The van der Waals surface area contributed by atoms with E-state index in [1.165, 1.54) is 0 Å². The lowest BCUT2D eigenvalue weighted by atomic mass is 9.87. The number of likely N-dealkylation sites (tertiary alicyclic amines) is 1. The summed E-state index contributed by atoms with van der Waals surface area (Å²) in [6.45, 7) is 4.53. The van der Waals surface area contributed by atoms with Crippen molar-refractivity contribution in [3.63, 3.8) is 0 Å². The fourth-order valence-electron chi connectivity index (χ4n) is 4.95. The van der Waals surface area contributed by atoms with Crippen LogP contribution in [0.3, 0.4) is 0 Å². The molecule has 2 N–H and O–H groups in total. The number of aromatic hydroxyl groups is 1. The van der Waals surface area contributed by atoms with Crippen LogP contribution in [-0.4, -0.2) is 63.1 Å². The number of nitrogens with zero attached hydrogens (tertiary/aromatic N) is 4. The van der Waals surface area contributed by atoms with E-state index < -0.39 is 6.10 Å². The second-order valence-electron chi connectivity index (χ2n) is 9.27. The van der Waals surface area contributed by atoms with Gasteiger partial charge >= 0.3 is 0 Å². The number of aromatic amines is 1. The summed E-state index contributed by atoms with van der Waals surface area (Å²) in [7, 11) is 0. The zero-order valence-corrected chi connectivity index (χ0v) is 19.8. The Bertz CT molecular complexity index is 1430. The molecule has 8 nitrogen and oxygen atoms in total. The maximum absolute atomic E-state index is 12.6. The smallest absolute Gasteiger partial charge is 0.232 e. The summed E-state index contributed by atoms with van der Waals surface area (Å²) in [6, 6.07) is 11.1. The van der Waals surface area contributed by atoms with E-state index in [1.54, 1.807) is 30.7 Å². The van der Waals surface area contributed by atoms with E-state index in [0.717, 1.165) is 58.6 Å². The number of nitrogens with one attached hydrogen (secondary N) is 1. The van der Waals surface area contributed by atoms with Crippen LogP contribution in [0.1, 0.15) is 29.8 Å². The first-order valence-electron chi connectivity index (χ1n) is 12.0. The number of benzene rings is 2. The van der Waals surface area contributed by atoms with E-state index in [2.05, 4.69) is 25.1 Å². The molecular formula is C27H26FN5O3. The molecule has 0 bridgehead atoms. The van der Waals surface area contributed by atoms with Crippen molar-refractivity contribution in [2.45, 2.75) is 13.0 Å². The molecule has 0 spiro atoms. The van der Waals surface area contributed by atoms with Crippen molar-refractivity contribution in [2.75, 3.05) is 32.9 Å². The van der Waals surface area contributed by atoms with Gasteiger partial charge in [0.1, 0.15) is 23.8 Å². The monoisotopic (exact) mass is 487 g/mol. The average molecular weight is 488 g/mol. The van der Waals surface area contributed by atoms with Gasteiger partial charge in [0.25, 0.3) is 0 Å². The largest absolute Gasteiger partial charge is 0.508 e. The van der Waals surface area contributed by atoms with Crippen LogP contribution < -0.4 is 9.47 Å². The molecule has 2 aliphatic rings. The highest BCUT2D eigenvalue weighted by atomic mass is 19.1. The molecule has 36 heavy (non-hydrogen) atoms. The Morgan fingerprint density at radius 1 is 1.17 bits per heavy atom. The molecule has 2 aromatic carbocycles. The number of ether oxygens (including phenoxy) is 2. The number of halogens is 1. The molecule has 1 unspecified atom stereocenters. The van der Waals surface area contributed by atoms with Crippen LogP contribution in [-0.2, 0) is 0 Å². The summed E-state index contributed by atoms with van der Waals surface area (Å²) in [5.41, 5.74) is 5.25. The van der Waals surface area contributed by atoms with Crippen LogP contribution in [0.5, 0.6) is 17.4 Å². The molecule has 4 aromatic rings. The number of rotatable bonds is 7. The van der Waals surface area contributed by atoms with E-state index in [-0.39, 0.29) is 18.3 Å². The van der Waals surface area contributed by atoms with Crippen LogP contribution >= 0.6 is 0 Å². The SMILES string of the molecule is CC1=C(c2cccc(O)c2)C(c2cnc(OCCN3CC(CF)C3)cn2)Oc2c1ccc1[nH]ncc21. The van der Waals surface area contributed by atoms with Crippen molar-refractivity contribution in [1.29, 1.82) is 0 Å². The zero-order valence-electron chi connectivity index (χ0n) is 19.8. The summed E-state index contributed by atoms with van der Waals surface area (Å²) in [5.74, 6) is 1.49. The molecule has 0 amide bonds. The molecule has 0 radical (unpaired) electrons. The van der Waals surface area contributed by atoms with Gasteiger partial charge in [-0.3, -0.25) is 14.4 Å². The number of allylic oxidation sites excluding steroid dienone is 1. The van der Waals surface area contributed by atoms with Crippen molar-refractivity contribution < 1.29 is 19.0 Å². The van der Waals surface area contributed by atoms with Gasteiger partial charge in [0, 0.05) is 36.7 Å². The number of alkyl halides is 1. The van der Waals surface area contributed by atoms with Crippen LogP contribution in [0.25, 0.3) is 22.0 Å². The van der Waals surface area contributed by atoms with Crippen molar-refractivity contribution in [2.24, 2.45) is 5.92 Å². The molecule has 2 aromatic heterocycles. The molecule has 4 heterocycles. The number of fused-ring (bicyclic) bond motifs is 3. The minimum absolute atomic E-state index is 0.158. The molecule has 2 aliphatic heterocycles. The quantitative estimate of drug-likeness (QED) is 0.399. The first-order chi connectivity index (χ1) is 17.6. The summed E-state index contributed by atoms with van der Waals surface area (Å²) in [6.07, 6.45) is 4.48. The Balaban J connectivity index is 1.29. The lowest BCUT2D eigenvalue weighted by Gasteiger charge is -2.37. The third-order valence-corrected chi connectivity index (χ3v) is 6.86. The van der Waals surface area contributed by atoms with Gasteiger partial charge in [0.15, 0.2) is 6.10 Å². The predicted octanol–water partition coefficient (Wildman–Crippen LogP) is 4.40. The molecular weight excluding hydrogens is 461 g/mol. The highest BCUT2D eigenvalue weighted by molar-refractivity contribution is 6.00. The van der Waals surface area contributed by atoms with Crippen molar-refractivity contribution in [3.8, 4) is 17.4 Å². The van der Waals surface area contributed by atoms with E-state index in [9.17, 15) is 9.50 Å². The molecule has 1 fully saturated rings. The maximum atomic E-state index is 12.6. The Morgan fingerprint density at radius 3 is 2.83 bits per heavy atom. The van der Waals surface area contributed by atoms with Crippen LogP contribution in [0, 0.1) is 5.92 Å². The fraction of sp³-hybridized carbons (Fsp3) is 0.296. The Morgan fingerprint density at radius 2 is 2.06 bits per heavy atom. The zero-order chi connectivity index (χ0) is 24.6. The number of phenols is 1. The summed E-state index contributed by atoms with van der Waals surface area (Å²) < 4.78 is 25.0. The van der Waals surface area contributed by atoms with Crippen molar-refractivity contribution in [1.82, 2.24) is 25.1 Å².